The molecule has 5 rings (SSSR count). The number of alkyl halides is 1. The summed E-state index contributed by atoms with van der Waals surface area (Å²) in [4.78, 5) is 25.3. The Morgan fingerprint density at radius 3 is 2.67 bits per heavy atom. The quantitative estimate of drug-likeness (QED) is 0.310. The van der Waals surface area contributed by atoms with Crippen molar-refractivity contribution in [2.45, 2.75) is 0 Å². The number of aromatic nitrogens is 2. The minimum atomic E-state index is -0.345. The van der Waals surface area contributed by atoms with Gasteiger partial charge in [-0.05, 0) is 42.0 Å². The maximum atomic E-state index is 12.7. The number of anilines is 4. The number of hydrogen-bond acceptors (Lipinski definition) is 7. The molecule has 3 aromatic carbocycles. The highest BCUT2D eigenvalue weighted by molar-refractivity contribution is 6.00. The Morgan fingerprint density at radius 2 is 1.90 bits per heavy atom. The van der Waals surface area contributed by atoms with Gasteiger partial charge in [0.2, 0.25) is 11.9 Å². The summed E-state index contributed by atoms with van der Waals surface area (Å²) in [5.41, 5.74) is 5.34. The third-order valence-corrected chi connectivity index (χ3v) is 6.72. The largest absolute Gasteiger partial charge is 0.368 e. The Kier molecular flexibility index (Phi) is 7.75. The van der Waals surface area contributed by atoms with Crippen molar-refractivity contribution in [3.8, 4) is 17.2 Å². The van der Waals surface area contributed by atoms with Gasteiger partial charge in [-0.1, -0.05) is 36.9 Å². The monoisotopic (exact) mass is 521 g/mol. The molecule has 39 heavy (non-hydrogen) atoms. The van der Waals surface area contributed by atoms with Crippen molar-refractivity contribution in [3.05, 3.63) is 85.1 Å². The van der Waals surface area contributed by atoms with Gasteiger partial charge in [-0.25, -0.2) is 14.4 Å². The highest BCUT2D eigenvalue weighted by Crippen LogP contribution is 2.31. The van der Waals surface area contributed by atoms with Crippen molar-refractivity contribution < 1.29 is 9.18 Å². The van der Waals surface area contributed by atoms with E-state index in [9.17, 15) is 14.4 Å². The van der Waals surface area contributed by atoms with Crippen LogP contribution in [0.5, 0.6) is 0 Å². The van der Waals surface area contributed by atoms with Gasteiger partial charge in [0, 0.05) is 61.2 Å². The molecule has 196 valence electrons. The minimum Gasteiger partial charge on any atom is -0.368 e. The summed E-state index contributed by atoms with van der Waals surface area (Å²) in [7, 11) is 0. The van der Waals surface area contributed by atoms with Gasteiger partial charge in [0.1, 0.15) is 12.7 Å². The molecule has 0 unspecified atom stereocenters. The molecule has 0 saturated carbocycles. The van der Waals surface area contributed by atoms with Crippen molar-refractivity contribution in [2.24, 2.45) is 0 Å². The molecule has 2 heterocycles. The lowest BCUT2D eigenvalue weighted by Gasteiger charge is -2.36. The molecule has 1 aliphatic rings. The summed E-state index contributed by atoms with van der Waals surface area (Å²) in [5, 5.41) is 16.7. The second-order valence-corrected chi connectivity index (χ2v) is 9.20. The number of carbonyl (C=O) groups is 1. The summed E-state index contributed by atoms with van der Waals surface area (Å²) in [5.74, 6) is 0.128. The number of rotatable bonds is 8. The van der Waals surface area contributed by atoms with E-state index in [1.54, 1.807) is 12.3 Å². The topological polar surface area (TPSA) is 97.2 Å². The Bertz CT molecular complexity index is 1560. The van der Waals surface area contributed by atoms with Gasteiger partial charge < -0.3 is 15.5 Å². The zero-order chi connectivity index (χ0) is 27.2. The first kappa shape index (κ1) is 25.8. The molecule has 0 spiro atoms. The third-order valence-electron chi connectivity index (χ3n) is 6.72. The van der Waals surface area contributed by atoms with Gasteiger partial charge in [-0.2, -0.15) is 5.26 Å². The van der Waals surface area contributed by atoms with Gasteiger partial charge in [0.25, 0.3) is 0 Å². The molecule has 1 fully saturated rings. The molecule has 9 heteroatoms. The van der Waals surface area contributed by atoms with E-state index in [1.807, 2.05) is 54.6 Å². The summed E-state index contributed by atoms with van der Waals surface area (Å²) >= 11 is 0. The average Bonchev–Trinajstić information content (AvgIpc) is 2.97. The number of para-hydroxylation sites is 1. The van der Waals surface area contributed by atoms with Crippen LogP contribution in [0, 0.1) is 11.3 Å². The van der Waals surface area contributed by atoms with Crippen molar-refractivity contribution in [1.29, 1.82) is 5.26 Å². The van der Waals surface area contributed by atoms with Crippen LogP contribution < -0.4 is 15.5 Å². The van der Waals surface area contributed by atoms with Crippen molar-refractivity contribution in [3.63, 3.8) is 0 Å². The predicted octanol–water partition coefficient (Wildman–Crippen LogP) is 5.13. The number of hydrogen-bond donors (Lipinski definition) is 2. The molecular formula is C30H28FN7O. The van der Waals surface area contributed by atoms with E-state index in [2.05, 4.69) is 38.1 Å². The zero-order valence-electron chi connectivity index (χ0n) is 21.4. The fourth-order valence-electron chi connectivity index (χ4n) is 4.75. The Hall–Kier alpha value is -4.81. The predicted molar refractivity (Wildman–Crippen MR) is 153 cm³/mol. The lowest BCUT2D eigenvalue weighted by atomic mass is 10.0. The lowest BCUT2D eigenvalue weighted by molar-refractivity contribution is -0.111. The second kappa shape index (κ2) is 11.7. The van der Waals surface area contributed by atoms with Gasteiger partial charge in [-0.3, -0.25) is 9.69 Å². The number of nitrogens with one attached hydrogen (secondary N) is 2. The SMILES string of the molecule is C=CC(=O)Nc1cccc(-c2cccc3cnc(Nc4ccc(N5CCN(CCF)CC5)c(C#N)c4)nc23)c1. The first-order valence-electron chi connectivity index (χ1n) is 12.7. The lowest BCUT2D eigenvalue weighted by Crippen LogP contribution is -2.47. The summed E-state index contributed by atoms with van der Waals surface area (Å²) < 4.78 is 12.7. The summed E-state index contributed by atoms with van der Waals surface area (Å²) in [6, 6.07) is 21.4. The van der Waals surface area contributed by atoms with Crippen molar-refractivity contribution in [1.82, 2.24) is 14.9 Å². The number of fused-ring (bicyclic) bond motifs is 1. The molecule has 0 bridgehead atoms. The zero-order valence-corrected chi connectivity index (χ0v) is 21.4. The van der Waals surface area contributed by atoms with E-state index in [1.165, 1.54) is 6.08 Å². The Balaban J connectivity index is 1.39. The van der Waals surface area contributed by atoms with E-state index in [-0.39, 0.29) is 12.6 Å². The second-order valence-electron chi connectivity index (χ2n) is 9.20. The third kappa shape index (κ3) is 5.87. The highest BCUT2D eigenvalue weighted by atomic mass is 19.1. The number of nitrogens with zero attached hydrogens (tertiary/aromatic N) is 5. The van der Waals surface area contributed by atoms with Crippen molar-refractivity contribution in [2.75, 3.05) is 54.9 Å². The maximum Gasteiger partial charge on any atom is 0.247 e. The molecule has 4 aromatic rings. The number of benzene rings is 3. The summed E-state index contributed by atoms with van der Waals surface area (Å²) in [6.07, 6.45) is 2.99. The van der Waals surface area contributed by atoms with Crippen LogP contribution in [0.25, 0.3) is 22.0 Å². The van der Waals surface area contributed by atoms with Gasteiger partial charge in [0.05, 0.1) is 16.8 Å². The number of amides is 1. The summed E-state index contributed by atoms with van der Waals surface area (Å²) in [6.45, 7) is 6.64. The number of nitriles is 1. The highest BCUT2D eigenvalue weighted by Gasteiger charge is 2.19. The Morgan fingerprint density at radius 1 is 1.08 bits per heavy atom. The Labute approximate surface area is 226 Å². The normalized spacial score (nSPS) is 13.6. The maximum absolute atomic E-state index is 12.7. The average molecular weight is 522 g/mol. The van der Waals surface area contributed by atoms with Gasteiger partial charge in [0.15, 0.2) is 0 Å². The number of piperazine rings is 1. The van der Waals surface area contributed by atoms with Crippen LogP contribution in [0.2, 0.25) is 0 Å². The van der Waals surface area contributed by atoms with Crippen LogP contribution in [-0.2, 0) is 4.79 Å². The number of halogens is 1. The minimum absolute atomic E-state index is 0.277. The molecular weight excluding hydrogens is 493 g/mol. The standard InChI is InChI=1S/C30H28FN7O/c1-2-28(39)34-24-7-3-5-21(17-24)26-8-4-6-22-20-33-30(36-29(22)26)35-25-9-10-27(23(18-25)19-32)38-15-13-37(12-11-31)14-16-38/h2-10,17-18,20H,1,11-16H2,(H,34,39)(H,33,35,36). The van der Waals surface area contributed by atoms with E-state index in [4.69, 9.17) is 4.98 Å². The molecule has 1 amide bonds. The fraction of sp³-hybridized carbons (Fsp3) is 0.200. The fourth-order valence-corrected chi connectivity index (χ4v) is 4.75. The van der Waals surface area contributed by atoms with Crippen LogP contribution in [0.4, 0.5) is 27.4 Å². The first-order chi connectivity index (χ1) is 19.1. The number of carbonyl (C=O) groups excluding carboxylic acids is 1. The van der Waals surface area contributed by atoms with E-state index < -0.39 is 0 Å². The van der Waals surface area contributed by atoms with Crippen LogP contribution in [0.3, 0.4) is 0 Å². The smallest absolute Gasteiger partial charge is 0.247 e. The molecule has 1 aromatic heterocycles. The molecule has 2 N–H and O–H groups in total. The molecule has 1 saturated heterocycles. The van der Waals surface area contributed by atoms with Crippen LogP contribution in [0.1, 0.15) is 5.56 Å². The van der Waals surface area contributed by atoms with E-state index in [0.29, 0.717) is 29.4 Å². The molecule has 1 aliphatic heterocycles. The van der Waals surface area contributed by atoms with Crippen molar-refractivity contribution >= 4 is 39.8 Å². The molecule has 0 atom stereocenters. The molecule has 0 aliphatic carbocycles. The van der Waals surface area contributed by atoms with E-state index >= 15 is 0 Å². The molecule has 8 nitrogen and oxygen atoms in total. The first-order valence-corrected chi connectivity index (χ1v) is 12.7. The van der Waals surface area contributed by atoms with Gasteiger partial charge in [-0.15, -0.1) is 0 Å². The van der Waals surface area contributed by atoms with Crippen LogP contribution in [0.15, 0.2) is 79.5 Å². The van der Waals surface area contributed by atoms with Crippen LogP contribution in [-0.4, -0.2) is 60.2 Å². The van der Waals surface area contributed by atoms with Gasteiger partial charge >= 0.3 is 0 Å². The molecule has 0 radical (unpaired) electrons. The van der Waals surface area contributed by atoms with Crippen LogP contribution >= 0.6 is 0 Å². The van der Waals surface area contributed by atoms with E-state index in [0.717, 1.165) is 53.9 Å².